The maximum absolute atomic E-state index is 12.7. The molecular weight excluding hydrogens is 448 g/mol. The molecule has 122 valence electrons. The van der Waals surface area contributed by atoms with Crippen LogP contribution in [0.2, 0.25) is 5.02 Å². The van der Waals surface area contributed by atoms with Crippen molar-refractivity contribution in [2.24, 2.45) is 0 Å². The summed E-state index contributed by atoms with van der Waals surface area (Å²) in [6.45, 7) is -0.575. The lowest BCUT2D eigenvalue weighted by Gasteiger charge is -2.12. The van der Waals surface area contributed by atoms with Gasteiger partial charge in [-0.15, -0.1) is 0 Å². The first-order chi connectivity index (χ1) is 10.7. The Hall–Kier alpha value is -1.55. The fourth-order valence-electron chi connectivity index (χ4n) is 1.79. The van der Waals surface area contributed by atoms with Crippen molar-refractivity contribution in [3.8, 4) is 0 Å². The van der Waals surface area contributed by atoms with Crippen molar-refractivity contribution in [1.82, 2.24) is 4.57 Å². The lowest BCUT2D eigenvalue weighted by molar-refractivity contribution is -0.138. The Morgan fingerprint density at radius 1 is 1.30 bits per heavy atom. The second kappa shape index (κ2) is 6.91. The molecule has 0 saturated heterocycles. The molecule has 1 amide bonds. The standard InChI is InChI=1S/C14H9ClF3IN2O2/c15-11-4-8(14(16,17)18)6-21(13(11)23)7-12(22)20-10-3-1-2-9(19)5-10/h1-6H,7H2,(H,20,22). The van der Waals surface area contributed by atoms with Crippen LogP contribution >= 0.6 is 34.2 Å². The highest BCUT2D eigenvalue weighted by molar-refractivity contribution is 14.1. The fourth-order valence-corrected chi connectivity index (χ4v) is 2.56. The number of hydrogen-bond donors (Lipinski definition) is 1. The van der Waals surface area contributed by atoms with E-state index in [0.717, 1.165) is 3.57 Å². The van der Waals surface area contributed by atoms with Gasteiger partial charge in [-0.2, -0.15) is 13.2 Å². The van der Waals surface area contributed by atoms with Crippen molar-refractivity contribution in [2.45, 2.75) is 12.7 Å². The van der Waals surface area contributed by atoms with Gasteiger partial charge in [0.2, 0.25) is 5.91 Å². The van der Waals surface area contributed by atoms with E-state index < -0.39 is 34.8 Å². The van der Waals surface area contributed by atoms with Crippen molar-refractivity contribution in [1.29, 1.82) is 0 Å². The Bertz CT molecular complexity index is 805. The quantitative estimate of drug-likeness (QED) is 0.715. The molecule has 1 aromatic carbocycles. The Balaban J connectivity index is 2.24. The van der Waals surface area contributed by atoms with Crippen LogP contribution in [0, 0.1) is 3.57 Å². The van der Waals surface area contributed by atoms with Crippen LogP contribution in [0.5, 0.6) is 0 Å². The highest BCUT2D eigenvalue weighted by Gasteiger charge is 2.32. The monoisotopic (exact) mass is 456 g/mol. The summed E-state index contributed by atoms with van der Waals surface area (Å²) in [6, 6.07) is 7.37. The molecule has 9 heteroatoms. The van der Waals surface area contributed by atoms with Gasteiger partial charge < -0.3 is 9.88 Å². The topological polar surface area (TPSA) is 51.1 Å². The molecule has 0 spiro atoms. The zero-order valence-electron chi connectivity index (χ0n) is 11.3. The van der Waals surface area contributed by atoms with E-state index in [0.29, 0.717) is 22.5 Å². The number of amides is 1. The van der Waals surface area contributed by atoms with E-state index in [1.54, 1.807) is 18.2 Å². The van der Waals surface area contributed by atoms with Crippen LogP contribution in [0.3, 0.4) is 0 Å². The number of rotatable bonds is 3. The Kier molecular flexibility index (Phi) is 5.35. The minimum absolute atomic E-state index is 0.480. The lowest BCUT2D eigenvalue weighted by atomic mass is 10.2. The van der Waals surface area contributed by atoms with Crippen LogP contribution in [-0.2, 0) is 17.5 Å². The molecule has 0 bridgehead atoms. The molecule has 1 heterocycles. The molecule has 0 radical (unpaired) electrons. The van der Waals surface area contributed by atoms with Crippen molar-refractivity contribution in [2.75, 3.05) is 5.32 Å². The maximum atomic E-state index is 12.7. The number of benzene rings is 1. The van der Waals surface area contributed by atoms with Crippen LogP contribution in [0.25, 0.3) is 0 Å². The summed E-state index contributed by atoms with van der Waals surface area (Å²) in [5.41, 5.74) is -1.48. The van der Waals surface area contributed by atoms with Gasteiger partial charge in [-0.3, -0.25) is 9.59 Å². The molecule has 0 unspecified atom stereocenters. The Morgan fingerprint density at radius 3 is 2.61 bits per heavy atom. The van der Waals surface area contributed by atoms with E-state index >= 15 is 0 Å². The molecule has 1 N–H and O–H groups in total. The van der Waals surface area contributed by atoms with Crippen LogP contribution in [0.15, 0.2) is 41.3 Å². The van der Waals surface area contributed by atoms with E-state index in [2.05, 4.69) is 5.32 Å². The number of nitrogens with one attached hydrogen (secondary N) is 1. The Morgan fingerprint density at radius 2 is 2.00 bits per heavy atom. The molecule has 0 aliphatic heterocycles. The molecule has 0 fully saturated rings. The maximum Gasteiger partial charge on any atom is 0.417 e. The summed E-state index contributed by atoms with van der Waals surface area (Å²) in [5, 5.41) is 1.91. The van der Waals surface area contributed by atoms with Crippen LogP contribution in [0.1, 0.15) is 5.56 Å². The predicted molar refractivity (Wildman–Crippen MR) is 88.5 cm³/mol. The third-order valence-corrected chi connectivity index (χ3v) is 3.73. The van der Waals surface area contributed by atoms with Crippen LogP contribution in [-0.4, -0.2) is 10.5 Å². The summed E-state index contributed by atoms with van der Waals surface area (Å²) in [5.74, 6) is -0.635. The number of hydrogen-bond acceptors (Lipinski definition) is 2. The fraction of sp³-hybridized carbons (Fsp3) is 0.143. The molecule has 0 atom stereocenters. The van der Waals surface area contributed by atoms with Gasteiger partial charge in [-0.25, -0.2) is 0 Å². The summed E-state index contributed by atoms with van der Waals surface area (Å²) in [7, 11) is 0. The number of pyridine rings is 1. The number of carbonyl (C=O) groups is 1. The average molecular weight is 457 g/mol. The zero-order chi connectivity index (χ0) is 17.2. The molecular formula is C14H9ClF3IN2O2. The summed E-state index contributed by atoms with van der Waals surface area (Å²) < 4.78 is 39.7. The molecule has 0 aliphatic rings. The molecule has 1 aromatic heterocycles. The third kappa shape index (κ3) is 4.71. The van der Waals surface area contributed by atoms with Crippen molar-refractivity contribution >= 4 is 45.8 Å². The van der Waals surface area contributed by atoms with Gasteiger partial charge in [0, 0.05) is 15.5 Å². The molecule has 23 heavy (non-hydrogen) atoms. The number of halogens is 5. The highest BCUT2D eigenvalue weighted by Crippen LogP contribution is 2.29. The van der Waals surface area contributed by atoms with Crippen LogP contribution < -0.4 is 10.9 Å². The minimum atomic E-state index is -4.66. The third-order valence-electron chi connectivity index (χ3n) is 2.79. The van der Waals surface area contributed by atoms with Gasteiger partial charge in [-0.1, -0.05) is 17.7 Å². The summed E-state index contributed by atoms with van der Waals surface area (Å²) in [6.07, 6.45) is -4.09. The van der Waals surface area contributed by atoms with Gasteiger partial charge in [-0.05, 0) is 46.9 Å². The smallest absolute Gasteiger partial charge is 0.325 e. The predicted octanol–water partition coefficient (Wildman–Crippen LogP) is 3.76. The second-order valence-electron chi connectivity index (χ2n) is 4.57. The summed E-state index contributed by atoms with van der Waals surface area (Å²) >= 11 is 7.57. The minimum Gasteiger partial charge on any atom is -0.325 e. The van der Waals surface area contributed by atoms with Gasteiger partial charge in [0.05, 0.1) is 5.56 Å². The molecule has 0 saturated carbocycles. The Labute approximate surface area is 147 Å². The second-order valence-corrected chi connectivity index (χ2v) is 6.22. The van der Waals surface area contributed by atoms with Gasteiger partial charge in [0.25, 0.3) is 5.56 Å². The summed E-state index contributed by atoms with van der Waals surface area (Å²) in [4.78, 5) is 23.7. The lowest BCUT2D eigenvalue weighted by Crippen LogP contribution is -2.29. The molecule has 2 aromatic rings. The van der Waals surface area contributed by atoms with E-state index in [4.69, 9.17) is 11.6 Å². The van der Waals surface area contributed by atoms with Crippen molar-refractivity contribution in [3.05, 3.63) is 61.0 Å². The van der Waals surface area contributed by atoms with Crippen molar-refractivity contribution < 1.29 is 18.0 Å². The molecule has 0 aliphatic carbocycles. The van der Waals surface area contributed by atoms with E-state index in [1.165, 1.54) is 0 Å². The van der Waals surface area contributed by atoms with Crippen LogP contribution in [0.4, 0.5) is 18.9 Å². The van der Waals surface area contributed by atoms with Gasteiger partial charge in [0.15, 0.2) is 0 Å². The normalized spacial score (nSPS) is 11.3. The van der Waals surface area contributed by atoms with E-state index in [1.807, 2.05) is 28.7 Å². The average Bonchev–Trinajstić information content (AvgIpc) is 2.42. The zero-order valence-corrected chi connectivity index (χ0v) is 14.2. The SMILES string of the molecule is O=C(Cn1cc(C(F)(F)F)cc(Cl)c1=O)Nc1cccc(I)c1. The largest absolute Gasteiger partial charge is 0.417 e. The first kappa shape index (κ1) is 17.8. The highest BCUT2D eigenvalue weighted by atomic mass is 127. The van der Waals surface area contributed by atoms with E-state index in [9.17, 15) is 22.8 Å². The van der Waals surface area contributed by atoms with Crippen molar-refractivity contribution in [3.63, 3.8) is 0 Å². The van der Waals surface area contributed by atoms with Gasteiger partial charge >= 0.3 is 6.18 Å². The number of nitrogens with zero attached hydrogens (tertiary/aromatic N) is 1. The first-order valence-electron chi connectivity index (χ1n) is 6.19. The van der Waals surface area contributed by atoms with Gasteiger partial charge in [0.1, 0.15) is 11.6 Å². The molecule has 4 nitrogen and oxygen atoms in total. The van der Waals surface area contributed by atoms with E-state index in [-0.39, 0.29) is 0 Å². The molecule has 2 rings (SSSR count). The number of alkyl halides is 3. The number of carbonyl (C=O) groups excluding carboxylic acids is 1. The number of aromatic nitrogens is 1. The number of anilines is 1. The first-order valence-corrected chi connectivity index (χ1v) is 7.65.